The summed E-state index contributed by atoms with van der Waals surface area (Å²) < 4.78 is 0. The second-order valence-corrected chi connectivity index (χ2v) is 8.26. The average Bonchev–Trinajstić information content (AvgIpc) is 3.12. The second kappa shape index (κ2) is 10.9. The lowest BCUT2D eigenvalue weighted by Gasteiger charge is -2.29. The van der Waals surface area contributed by atoms with Crippen molar-refractivity contribution in [3.8, 4) is 0 Å². The number of carboxylic acid groups (broad SMARTS) is 1. The van der Waals surface area contributed by atoms with Gasteiger partial charge in [0.25, 0.3) is 0 Å². The zero-order valence-electron chi connectivity index (χ0n) is 17.9. The first-order valence-corrected chi connectivity index (χ1v) is 10.0. The summed E-state index contributed by atoms with van der Waals surface area (Å²) in [4.78, 5) is 62.1. The van der Waals surface area contributed by atoms with Gasteiger partial charge in [0.05, 0.1) is 12.5 Å². The molecular formula is C19H33N5O6. The molecular weight excluding hydrogens is 394 g/mol. The van der Waals surface area contributed by atoms with E-state index in [0.717, 1.165) is 0 Å². The lowest BCUT2D eigenvalue weighted by molar-refractivity contribution is -0.144. The molecule has 1 rings (SSSR count). The number of nitrogens with one attached hydrogen (secondary N) is 2. The normalized spacial score (nSPS) is 19.3. The van der Waals surface area contributed by atoms with Gasteiger partial charge < -0.3 is 32.1 Å². The minimum atomic E-state index is -1.35. The molecule has 30 heavy (non-hydrogen) atoms. The Bertz CT molecular complexity index is 680. The molecule has 0 bridgehead atoms. The Morgan fingerprint density at radius 1 is 1.07 bits per heavy atom. The van der Waals surface area contributed by atoms with Crippen molar-refractivity contribution in [3.05, 3.63) is 0 Å². The quantitative estimate of drug-likeness (QED) is 0.282. The minimum absolute atomic E-state index is 0.112. The van der Waals surface area contributed by atoms with E-state index in [4.69, 9.17) is 11.5 Å². The van der Waals surface area contributed by atoms with Crippen molar-refractivity contribution in [2.45, 2.75) is 71.1 Å². The van der Waals surface area contributed by atoms with Crippen LogP contribution in [0.5, 0.6) is 0 Å². The fourth-order valence-corrected chi connectivity index (χ4v) is 3.23. The number of rotatable bonds is 10. The molecule has 7 N–H and O–H groups in total. The SMILES string of the molecule is CC(C)[C@H](N)C(=O)N1CCC[C@H]1C(=O)N[C@@H](CC(N)=O)C(=O)N[C@H](C(=O)O)C(C)C. The van der Waals surface area contributed by atoms with Crippen LogP contribution in [-0.2, 0) is 24.0 Å². The molecule has 0 aromatic carbocycles. The smallest absolute Gasteiger partial charge is 0.326 e. The number of amides is 4. The van der Waals surface area contributed by atoms with Gasteiger partial charge >= 0.3 is 5.97 Å². The largest absolute Gasteiger partial charge is 0.480 e. The van der Waals surface area contributed by atoms with Gasteiger partial charge in [0.1, 0.15) is 18.1 Å². The van der Waals surface area contributed by atoms with E-state index in [9.17, 15) is 29.1 Å². The van der Waals surface area contributed by atoms with E-state index in [1.54, 1.807) is 27.7 Å². The molecule has 1 fully saturated rings. The van der Waals surface area contributed by atoms with Crippen molar-refractivity contribution in [3.63, 3.8) is 0 Å². The first-order chi connectivity index (χ1) is 13.9. The zero-order chi connectivity index (χ0) is 23.2. The topological polar surface area (TPSA) is 185 Å². The second-order valence-electron chi connectivity index (χ2n) is 8.26. The fourth-order valence-electron chi connectivity index (χ4n) is 3.23. The molecule has 4 amide bonds. The van der Waals surface area contributed by atoms with Crippen LogP contribution in [0, 0.1) is 11.8 Å². The molecule has 0 radical (unpaired) electrons. The van der Waals surface area contributed by atoms with Crippen LogP contribution in [0.15, 0.2) is 0 Å². The van der Waals surface area contributed by atoms with Crippen molar-refractivity contribution in [2.24, 2.45) is 23.3 Å². The highest BCUT2D eigenvalue weighted by Crippen LogP contribution is 2.20. The lowest BCUT2D eigenvalue weighted by Crippen LogP contribution is -2.58. The predicted molar refractivity (Wildman–Crippen MR) is 108 cm³/mol. The third-order valence-electron chi connectivity index (χ3n) is 5.11. The molecule has 0 aromatic heterocycles. The van der Waals surface area contributed by atoms with E-state index in [1.165, 1.54) is 4.90 Å². The molecule has 1 aliphatic rings. The first kappa shape index (κ1) is 25.3. The van der Waals surface area contributed by atoms with E-state index in [1.807, 2.05) is 0 Å². The van der Waals surface area contributed by atoms with Gasteiger partial charge in [-0.2, -0.15) is 0 Å². The summed E-state index contributed by atoms with van der Waals surface area (Å²) in [5.74, 6) is -4.42. The van der Waals surface area contributed by atoms with Crippen molar-refractivity contribution in [1.82, 2.24) is 15.5 Å². The van der Waals surface area contributed by atoms with Crippen molar-refractivity contribution < 1.29 is 29.1 Å². The van der Waals surface area contributed by atoms with E-state index < -0.39 is 60.2 Å². The Morgan fingerprint density at radius 3 is 2.13 bits per heavy atom. The van der Waals surface area contributed by atoms with Gasteiger partial charge in [0.2, 0.25) is 23.6 Å². The number of hydrogen-bond acceptors (Lipinski definition) is 6. The molecule has 0 spiro atoms. The van der Waals surface area contributed by atoms with Crippen LogP contribution in [0.3, 0.4) is 0 Å². The van der Waals surface area contributed by atoms with Crippen LogP contribution < -0.4 is 22.1 Å². The Hall–Kier alpha value is -2.69. The van der Waals surface area contributed by atoms with Crippen LogP contribution in [0.4, 0.5) is 0 Å². The highest BCUT2D eigenvalue weighted by atomic mass is 16.4. The maximum Gasteiger partial charge on any atom is 0.326 e. The van der Waals surface area contributed by atoms with Crippen molar-refractivity contribution in [1.29, 1.82) is 0 Å². The van der Waals surface area contributed by atoms with Crippen molar-refractivity contribution >= 4 is 29.6 Å². The molecule has 1 aliphatic heterocycles. The number of aliphatic carboxylic acids is 1. The van der Waals surface area contributed by atoms with E-state index in [0.29, 0.717) is 19.4 Å². The Kier molecular flexibility index (Phi) is 9.22. The molecule has 170 valence electrons. The van der Waals surface area contributed by atoms with E-state index >= 15 is 0 Å². The lowest BCUT2D eigenvalue weighted by atomic mass is 10.0. The molecule has 0 aromatic rings. The number of likely N-dealkylation sites (tertiary alicyclic amines) is 1. The first-order valence-electron chi connectivity index (χ1n) is 10.0. The molecule has 4 atom stereocenters. The van der Waals surface area contributed by atoms with Gasteiger partial charge in [-0.15, -0.1) is 0 Å². The van der Waals surface area contributed by atoms with Crippen molar-refractivity contribution in [2.75, 3.05) is 6.54 Å². The number of nitrogens with zero attached hydrogens (tertiary/aromatic N) is 1. The van der Waals surface area contributed by atoms with Gasteiger partial charge in [-0.1, -0.05) is 27.7 Å². The number of hydrogen-bond donors (Lipinski definition) is 5. The predicted octanol–water partition coefficient (Wildman–Crippen LogP) is -1.45. The zero-order valence-corrected chi connectivity index (χ0v) is 17.9. The summed E-state index contributed by atoms with van der Waals surface area (Å²) in [5, 5.41) is 14.0. The maximum absolute atomic E-state index is 12.8. The van der Waals surface area contributed by atoms with Gasteiger partial charge in [-0.3, -0.25) is 19.2 Å². The van der Waals surface area contributed by atoms with Gasteiger partial charge in [-0.05, 0) is 24.7 Å². The molecule has 0 unspecified atom stereocenters. The summed E-state index contributed by atoms with van der Waals surface area (Å²) in [6.45, 7) is 7.18. The summed E-state index contributed by atoms with van der Waals surface area (Å²) in [6, 6.07) is -4.14. The third kappa shape index (κ3) is 6.68. The monoisotopic (exact) mass is 427 g/mol. The molecule has 1 heterocycles. The van der Waals surface area contributed by atoms with Crippen LogP contribution in [0.25, 0.3) is 0 Å². The summed E-state index contributed by atoms with van der Waals surface area (Å²) in [6.07, 6.45) is 0.473. The van der Waals surface area contributed by atoms with Crippen LogP contribution in [0.2, 0.25) is 0 Å². The number of carbonyl (C=O) groups excluding carboxylic acids is 4. The van der Waals surface area contributed by atoms with Gasteiger partial charge in [-0.25, -0.2) is 4.79 Å². The Morgan fingerprint density at radius 2 is 1.67 bits per heavy atom. The summed E-state index contributed by atoms with van der Waals surface area (Å²) in [7, 11) is 0. The highest BCUT2D eigenvalue weighted by Gasteiger charge is 2.38. The van der Waals surface area contributed by atoms with E-state index in [2.05, 4.69) is 10.6 Å². The number of carboxylic acids is 1. The standard InChI is InChI=1S/C19H33N5O6/c1-9(2)14(21)18(28)24-7-5-6-12(24)17(27)22-11(8-13(20)25)16(26)23-15(10(3)4)19(29)30/h9-12,14-15H,5-8,21H2,1-4H3,(H2,20,25)(H,22,27)(H,23,26)(H,29,30)/t11-,12-,14-,15-/m0/s1. The fraction of sp³-hybridized carbons (Fsp3) is 0.737. The van der Waals surface area contributed by atoms with Gasteiger partial charge in [0.15, 0.2) is 0 Å². The number of primary amides is 1. The Labute approximate surface area is 175 Å². The van der Waals surface area contributed by atoms with Crippen LogP contribution >= 0.6 is 0 Å². The maximum atomic E-state index is 12.8. The number of carbonyl (C=O) groups is 5. The molecule has 1 saturated heterocycles. The summed E-state index contributed by atoms with van der Waals surface area (Å²) >= 11 is 0. The molecule has 11 heteroatoms. The van der Waals surface area contributed by atoms with E-state index in [-0.39, 0.29) is 11.8 Å². The molecule has 11 nitrogen and oxygen atoms in total. The minimum Gasteiger partial charge on any atom is -0.480 e. The molecule has 0 saturated carbocycles. The highest BCUT2D eigenvalue weighted by molar-refractivity contribution is 5.96. The van der Waals surface area contributed by atoms with Crippen LogP contribution in [0.1, 0.15) is 47.0 Å². The van der Waals surface area contributed by atoms with Crippen LogP contribution in [-0.4, -0.2) is 70.3 Å². The Balaban J connectivity index is 2.94. The third-order valence-corrected chi connectivity index (χ3v) is 5.11. The molecule has 0 aliphatic carbocycles. The number of nitrogens with two attached hydrogens (primary N) is 2. The average molecular weight is 428 g/mol. The van der Waals surface area contributed by atoms with Gasteiger partial charge in [0, 0.05) is 6.54 Å². The summed E-state index contributed by atoms with van der Waals surface area (Å²) in [5.41, 5.74) is 11.1.